The number of nitrogens with one attached hydrogen (secondary N) is 1. The SMILES string of the molecule is COc1ccc(CNc2nnc(SCc3cn4cc(C)ccc4n3)s2)cc1. The van der Waals surface area contributed by atoms with Crippen molar-refractivity contribution in [1.82, 2.24) is 19.6 Å². The second-order valence-corrected chi connectivity index (χ2v) is 8.27. The molecule has 4 rings (SSSR count). The molecule has 3 heterocycles. The molecule has 0 saturated carbocycles. The molecule has 0 aliphatic rings. The van der Waals surface area contributed by atoms with Crippen molar-refractivity contribution < 1.29 is 4.74 Å². The van der Waals surface area contributed by atoms with E-state index in [1.54, 1.807) is 30.2 Å². The van der Waals surface area contributed by atoms with Gasteiger partial charge in [-0.25, -0.2) is 4.98 Å². The van der Waals surface area contributed by atoms with Crippen molar-refractivity contribution >= 4 is 33.9 Å². The van der Waals surface area contributed by atoms with Crippen LogP contribution in [0.2, 0.25) is 0 Å². The van der Waals surface area contributed by atoms with Gasteiger partial charge in [0.25, 0.3) is 0 Å². The van der Waals surface area contributed by atoms with Crippen molar-refractivity contribution in [3.63, 3.8) is 0 Å². The third-order valence-corrected chi connectivity index (χ3v) is 6.05. The van der Waals surface area contributed by atoms with Crippen molar-refractivity contribution in [1.29, 1.82) is 0 Å². The van der Waals surface area contributed by atoms with Crippen molar-refractivity contribution in [3.05, 3.63) is 65.6 Å². The standard InChI is InChI=1S/C19H19N5OS2/c1-13-3-8-17-21-15(11-24(17)10-13)12-26-19-23-22-18(27-19)20-9-14-4-6-16(25-2)7-5-14/h3-8,10-11H,9,12H2,1-2H3,(H,20,22). The topological polar surface area (TPSA) is 64.3 Å². The van der Waals surface area contributed by atoms with Gasteiger partial charge in [-0.1, -0.05) is 41.3 Å². The molecule has 0 saturated heterocycles. The zero-order valence-corrected chi connectivity index (χ0v) is 16.7. The van der Waals surface area contributed by atoms with E-state index in [-0.39, 0.29) is 0 Å². The Morgan fingerprint density at radius 2 is 1.96 bits per heavy atom. The molecule has 0 aliphatic heterocycles. The molecule has 3 aromatic heterocycles. The lowest BCUT2D eigenvalue weighted by Crippen LogP contribution is -1.98. The number of thioether (sulfide) groups is 1. The smallest absolute Gasteiger partial charge is 0.206 e. The maximum Gasteiger partial charge on any atom is 0.206 e. The van der Waals surface area contributed by atoms with E-state index in [1.807, 2.05) is 30.3 Å². The molecular formula is C19H19N5OS2. The summed E-state index contributed by atoms with van der Waals surface area (Å²) in [7, 11) is 1.67. The molecule has 0 amide bonds. The van der Waals surface area contributed by atoms with E-state index in [2.05, 4.69) is 50.3 Å². The highest BCUT2D eigenvalue weighted by molar-refractivity contribution is 8.00. The fraction of sp³-hybridized carbons (Fsp3) is 0.211. The summed E-state index contributed by atoms with van der Waals surface area (Å²) in [6.07, 6.45) is 4.15. The quantitative estimate of drug-likeness (QED) is 0.466. The van der Waals surface area contributed by atoms with Gasteiger partial charge in [0.1, 0.15) is 11.4 Å². The highest BCUT2D eigenvalue weighted by Crippen LogP contribution is 2.28. The average Bonchev–Trinajstić information content (AvgIpc) is 3.31. The van der Waals surface area contributed by atoms with Gasteiger partial charge in [-0.05, 0) is 36.2 Å². The van der Waals surface area contributed by atoms with Gasteiger partial charge >= 0.3 is 0 Å². The van der Waals surface area contributed by atoms with Crippen LogP contribution in [0.3, 0.4) is 0 Å². The molecule has 8 heteroatoms. The molecule has 138 valence electrons. The number of ether oxygens (including phenoxy) is 1. The predicted octanol–water partition coefficient (Wildman–Crippen LogP) is 4.41. The van der Waals surface area contributed by atoms with Crippen LogP contribution in [0.5, 0.6) is 5.75 Å². The van der Waals surface area contributed by atoms with Crippen LogP contribution in [0.15, 0.2) is 53.1 Å². The molecular weight excluding hydrogens is 378 g/mol. The van der Waals surface area contributed by atoms with E-state index < -0.39 is 0 Å². The minimum absolute atomic E-state index is 0.703. The number of fused-ring (bicyclic) bond motifs is 1. The summed E-state index contributed by atoms with van der Waals surface area (Å²) >= 11 is 3.21. The second kappa shape index (κ2) is 7.98. The summed E-state index contributed by atoms with van der Waals surface area (Å²) in [5.74, 6) is 1.63. The van der Waals surface area contributed by atoms with Gasteiger partial charge in [0, 0.05) is 24.7 Å². The number of aryl methyl sites for hydroxylation is 1. The lowest BCUT2D eigenvalue weighted by molar-refractivity contribution is 0.414. The number of nitrogens with zero attached hydrogens (tertiary/aromatic N) is 4. The summed E-state index contributed by atoms with van der Waals surface area (Å²) in [6.45, 7) is 2.78. The first-order valence-corrected chi connectivity index (χ1v) is 10.3. The number of aromatic nitrogens is 4. The second-order valence-electron chi connectivity index (χ2n) is 6.07. The Morgan fingerprint density at radius 1 is 1.11 bits per heavy atom. The van der Waals surface area contributed by atoms with Gasteiger partial charge in [-0.2, -0.15) is 0 Å². The Morgan fingerprint density at radius 3 is 2.78 bits per heavy atom. The summed E-state index contributed by atoms with van der Waals surface area (Å²) in [5, 5.41) is 12.6. The molecule has 0 radical (unpaired) electrons. The Balaban J connectivity index is 1.33. The molecule has 27 heavy (non-hydrogen) atoms. The molecule has 0 fully saturated rings. The summed E-state index contributed by atoms with van der Waals surface area (Å²) < 4.78 is 8.17. The summed E-state index contributed by atoms with van der Waals surface area (Å²) in [5.41, 5.74) is 4.39. The van der Waals surface area contributed by atoms with Crippen LogP contribution < -0.4 is 10.1 Å². The summed E-state index contributed by atoms with van der Waals surface area (Å²) in [4.78, 5) is 4.64. The van der Waals surface area contributed by atoms with Crippen LogP contribution in [0.25, 0.3) is 5.65 Å². The minimum Gasteiger partial charge on any atom is -0.497 e. The van der Waals surface area contributed by atoms with Crippen LogP contribution in [-0.4, -0.2) is 26.7 Å². The highest BCUT2D eigenvalue weighted by atomic mass is 32.2. The molecule has 1 N–H and O–H groups in total. The fourth-order valence-electron chi connectivity index (χ4n) is 2.62. The van der Waals surface area contributed by atoms with Crippen molar-refractivity contribution in [2.75, 3.05) is 12.4 Å². The maximum absolute atomic E-state index is 5.17. The van der Waals surface area contributed by atoms with Crippen molar-refractivity contribution in [2.45, 2.75) is 23.6 Å². The zero-order chi connectivity index (χ0) is 18.6. The minimum atomic E-state index is 0.703. The molecule has 0 bridgehead atoms. The van der Waals surface area contributed by atoms with E-state index >= 15 is 0 Å². The third kappa shape index (κ3) is 4.40. The van der Waals surface area contributed by atoms with Crippen LogP contribution in [0.1, 0.15) is 16.8 Å². The number of benzene rings is 1. The number of rotatable bonds is 7. The van der Waals surface area contributed by atoms with E-state index in [9.17, 15) is 0 Å². The largest absolute Gasteiger partial charge is 0.497 e. The highest BCUT2D eigenvalue weighted by Gasteiger charge is 2.08. The fourth-order valence-corrected chi connectivity index (χ4v) is 4.25. The Labute approximate surface area is 165 Å². The van der Waals surface area contributed by atoms with Crippen LogP contribution >= 0.6 is 23.1 Å². The lowest BCUT2D eigenvalue weighted by atomic mass is 10.2. The number of pyridine rings is 1. The van der Waals surface area contributed by atoms with Gasteiger partial charge in [-0.15, -0.1) is 10.2 Å². The van der Waals surface area contributed by atoms with Crippen LogP contribution in [0.4, 0.5) is 5.13 Å². The normalized spacial score (nSPS) is 11.0. The maximum atomic E-state index is 5.17. The first-order valence-electron chi connectivity index (χ1n) is 8.47. The molecule has 1 aromatic carbocycles. The molecule has 4 aromatic rings. The molecule has 0 aliphatic carbocycles. The molecule has 0 spiro atoms. The van der Waals surface area contributed by atoms with E-state index in [0.717, 1.165) is 32.3 Å². The van der Waals surface area contributed by atoms with Crippen LogP contribution in [0, 0.1) is 6.92 Å². The molecule has 0 unspecified atom stereocenters. The Kier molecular flexibility index (Phi) is 5.26. The first kappa shape index (κ1) is 17.8. The predicted molar refractivity (Wildman–Crippen MR) is 110 cm³/mol. The van der Waals surface area contributed by atoms with E-state index in [4.69, 9.17) is 4.74 Å². The van der Waals surface area contributed by atoms with Gasteiger partial charge < -0.3 is 14.5 Å². The molecule has 0 atom stereocenters. The van der Waals surface area contributed by atoms with Gasteiger partial charge in [0.2, 0.25) is 5.13 Å². The lowest BCUT2D eigenvalue weighted by Gasteiger charge is -2.03. The Bertz CT molecular complexity index is 1040. The Hall–Kier alpha value is -2.58. The average molecular weight is 398 g/mol. The van der Waals surface area contributed by atoms with E-state index in [1.165, 1.54) is 11.1 Å². The number of hydrogen-bond donors (Lipinski definition) is 1. The summed E-state index contributed by atoms with van der Waals surface area (Å²) in [6, 6.07) is 12.1. The number of imidazole rings is 1. The molecule has 6 nitrogen and oxygen atoms in total. The van der Waals surface area contributed by atoms with Crippen molar-refractivity contribution in [3.8, 4) is 5.75 Å². The number of anilines is 1. The van der Waals surface area contributed by atoms with Crippen LogP contribution in [-0.2, 0) is 12.3 Å². The first-order chi connectivity index (χ1) is 13.2. The van der Waals surface area contributed by atoms with E-state index in [0.29, 0.717) is 6.54 Å². The van der Waals surface area contributed by atoms with Gasteiger partial charge in [0.15, 0.2) is 4.34 Å². The number of hydrogen-bond acceptors (Lipinski definition) is 7. The number of methoxy groups -OCH3 is 1. The van der Waals surface area contributed by atoms with Gasteiger partial charge in [0.05, 0.1) is 12.8 Å². The van der Waals surface area contributed by atoms with Gasteiger partial charge in [-0.3, -0.25) is 0 Å². The zero-order valence-electron chi connectivity index (χ0n) is 15.0. The van der Waals surface area contributed by atoms with Crippen molar-refractivity contribution in [2.24, 2.45) is 0 Å². The monoisotopic (exact) mass is 397 g/mol. The third-order valence-electron chi connectivity index (χ3n) is 4.00.